The number of hydrogen-bond acceptors (Lipinski definition) is 3. The van der Waals surface area contributed by atoms with Gasteiger partial charge in [0.15, 0.2) is 0 Å². The first-order chi connectivity index (χ1) is 13.1. The second-order valence-electron chi connectivity index (χ2n) is 7.44. The number of hydrogen-bond donors (Lipinski definition) is 1. The van der Waals surface area contributed by atoms with Gasteiger partial charge in [0.05, 0.1) is 17.4 Å². The first-order valence-corrected chi connectivity index (χ1v) is 9.67. The third kappa shape index (κ3) is 3.82. The molecule has 1 N–H and O–H groups in total. The quantitative estimate of drug-likeness (QED) is 0.753. The summed E-state index contributed by atoms with van der Waals surface area (Å²) in [5.74, 6) is -0.0433. The van der Waals surface area contributed by atoms with Crippen molar-refractivity contribution < 1.29 is 4.79 Å². The zero-order chi connectivity index (χ0) is 18.8. The Bertz CT molecular complexity index is 952. The van der Waals surface area contributed by atoms with E-state index >= 15 is 0 Å². The number of nitrogens with one attached hydrogen (secondary N) is 1. The van der Waals surface area contributed by atoms with Crippen molar-refractivity contribution in [3.63, 3.8) is 0 Å². The van der Waals surface area contributed by atoms with Gasteiger partial charge in [-0.15, -0.1) is 0 Å². The molecular weight excluding hydrogens is 336 g/mol. The van der Waals surface area contributed by atoms with Gasteiger partial charge in [0.2, 0.25) is 5.91 Å². The van der Waals surface area contributed by atoms with Crippen LogP contribution < -0.4 is 10.2 Å². The van der Waals surface area contributed by atoms with Crippen molar-refractivity contribution in [1.29, 1.82) is 0 Å². The maximum atomic E-state index is 12.5. The van der Waals surface area contributed by atoms with Gasteiger partial charge in [-0.1, -0.05) is 0 Å². The van der Waals surface area contributed by atoms with Crippen LogP contribution in [0, 0.1) is 13.8 Å². The number of anilines is 2. The molecule has 0 bridgehead atoms. The van der Waals surface area contributed by atoms with Gasteiger partial charge in [-0.05, 0) is 80.6 Å². The van der Waals surface area contributed by atoms with Gasteiger partial charge in [-0.2, -0.15) is 0 Å². The molecule has 1 aliphatic rings. The molecule has 0 aliphatic carbocycles. The number of nitrogens with zero attached hydrogens (tertiary/aromatic N) is 3. The first kappa shape index (κ1) is 17.6. The van der Waals surface area contributed by atoms with Crippen molar-refractivity contribution in [2.75, 3.05) is 23.3 Å². The fourth-order valence-electron chi connectivity index (χ4n) is 3.70. The smallest absolute Gasteiger partial charge is 0.244 e. The number of imidazole rings is 1. The summed E-state index contributed by atoms with van der Waals surface area (Å²) in [6, 6.07) is 12.3. The van der Waals surface area contributed by atoms with E-state index in [1.54, 1.807) is 6.33 Å². The SMILES string of the molecule is Cc1cc2ncn(CC(=O)Nc3ccc(N4CCCCC4)cc3)c2cc1C. The number of carbonyl (C=O) groups excluding carboxylic acids is 1. The molecule has 1 saturated heterocycles. The molecule has 1 aliphatic heterocycles. The molecule has 140 valence electrons. The second kappa shape index (κ2) is 7.43. The van der Waals surface area contributed by atoms with Crippen LogP contribution in [0.4, 0.5) is 11.4 Å². The summed E-state index contributed by atoms with van der Waals surface area (Å²) >= 11 is 0. The van der Waals surface area contributed by atoms with E-state index in [1.807, 2.05) is 16.7 Å². The lowest BCUT2D eigenvalue weighted by molar-refractivity contribution is -0.116. The van der Waals surface area contributed by atoms with E-state index in [-0.39, 0.29) is 12.5 Å². The first-order valence-electron chi connectivity index (χ1n) is 9.67. The standard InChI is InChI=1S/C22H26N4O/c1-16-12-20-21(13-17(16)2)26(15-23-20)14-22(27)24-18-6-8-19(9-7-18)25-10-4-3-5-11-25/h6-9,12-13,15H,3-5,10-11,14H2,1-2H3,(H,24,27). The minimum absolute atomic E-state index is 0.0433. The van der Waals surface area contributed by atoms with Crippen LogP contribution in [0.25, 0.3) is 11.0 Å². The van der Waals surface area contributed by atoms with Crippen LogP contribution in [-0.2, 0) is 11.3 Å². The Hall–Kier alpha value is -2.82. The molecule has 3 aromatic rings. The molecule has 4 rings (SSSR count). The second-order valence-corrected chi connectivity index (χ2v) is 7.44. The van der Waals surface area contributed by atoms with Crippen molar-refractivity contribution >= 4 is 28.3 Å². The summed E-state index contributed by atoms with van der Waals surface area (Å²) in [5, 5.41) is 2.99. The van der Waals surface area contributed by atoms with Crippen LogP contribution in [0.3, 0.4) is 0 Å². The highest BCUT2D eigenvalue weighted by Gasteiger charge is 2.12. The van der Waals surface area contributed by atoms with Crippen LogP contribution in [0.1, 0.15) is 30.4 Å². The highest BCUT2D eigenvalue weighted by Crippen LogP contribution is 2.22. The van der Waals surface area contributed by atoms with Gasteiger partial charge in [-0.25, -0.2) is 4.98 Å². The summed E-state index contributed by atoms with van der Waals surface area (Å²) in [6.07, 6.45) is 5.59. The number of piperidine rings is 1. The number of benzene rings is 2. The van der Waals surface area contributed by atoms with E-state index in [0.717, 1.165) is 29.8 Å². The molecule has 1 amide bonds. The fraction of sp³-hybridized carbons (Fsp3) is 0.364. The molecule has 5 nitrogen and oxygen atoms in total. The van der Waals surface area contributed by atoms with E-state index in [2.05, 4.69) is 53.3 Å². The zero-order valence-electron chi connectivity index (χ0n) is 16.0. The Morgan fingerprint density at radius 2 is 1.74 bits per heavy atom. The Kier molecular flexibility index (Phi) is 4.84. The van der Waals surface area contributed by atoms with Gasteiger partial charge in [0.1, 0.15) is 6.54 Å². The topological polar surface area (TPSA) is 50.2 Å². The fourth-order valence-corrected chi connectivity index (χ4v) is 3.70. The number of fused-ring (bicyclic) bond motifs is 1. The maximum Gasteiger partial charge on any atom is 0.244 e. The third-order valence-electron chi connectivity index (χ3n) is 5.42. The maximum absolute atomic E-state index is 12.5. The Morgan fingerprint density at radius 3 is 2.48 bits per heavy atom. The Labute approximate surface area is 160 Å². The Morgan fingerprint density at radius 1 is 1.04 bits per heavy atom. The minimum Gasteiger partial charge on any atom is -0.372 e. The summed E-state index contributed by atoms with van der Waals surface area (Å²) < 4.78 is 1.90. The van der Waals surface area contributed by atoms with Crippen LogP contribution in [0.2, 0.25) is 0 Å². The lowest BCUT2D eigenvalue weighted by atomic mass is 10.1. The Balaban J connectivity index is 1.43. The molecule has 2 heterocycles. The normalized spacial score (nSPS) is 14.5. The van der Waals surface area contributed by atoms with Crippen LogP contribution in [-0.4, -0.2) is 28.5 Å². The summed E-state index contributed by atoms with van der Waals surface area (Å²) in [7, 11) is 0. The number of carbonyl (C=O) groups is 1. The van der Waals surface area contributed by atoms with E-state index in [9.17, 15) is 4.79 Å². The molecule has 5 heteroatoms. The average Bonchev–Trinajstić information content (AvgIpc) is 3.05. The van der Waals surface area contributed by atoms with Gasteiger partial charge >= 0.3 is 0 Å². The largest absolute Gasteiger partial charge is 0.372 e. The highest BCUT2D eigenvalue weighted by molar-refractivity contribution is 5.91. The number of amides is 1. The van der Waals surface area contributed by atoms with Crippen molar-refractivity contribution in [2.45, 2.75) is 39.7 Å². The van der Waals surface area contributed by atoms with Crippen molar-refractivity contribution in [1.82, 2.24) is 9.55 Å². The van der Waals surface area contributed by atoms with Crippen LogP contribution >= 0.6 is 0 Å². The van der Waals surface area contributed by atoms with Gasteiger partial charge < -0.3 is 14.8 Å². The molecule has 27 heavy (non-hydrogen) atoms. The predicted molar refractivity (Wildman–Crippen MR) is 110 cm³/mol. The van der Waals surface area contributed by atoms with Crippen molar-refractivity contribution in [3.05, 3.63) is 53.9 Å². The lowest BCUT2D eigenvalue weighted by Crippen LogP contribution is -2.29. The molecule has 0 spiro atoms. The predicted octanol–water partition coefficient (Wildman–Crippen LogP) is 4.28. The monoisotopic (exact) mass is 362 g/mol. The van der Waals surface area contributed by atoms with Crippen molar-refractivity contribution in [3.8, 4) is 0 Å². The van der Waals surface area contributed by atoms with E-state index < -0.39 is 0 Å². The number of rotatable bonds is 4. The van der Waals surface area contributed by atoms with E-state index in [1.165, 1.54) is 36.1 Å². The van der Waals surface area contributed by atoms with E-state index in [4.69, 9.17) is 0 Å². The molecule has 0 saturated carbocycles. The zero-order valence-corrected chi connectivity index (χ0v) is 16.0. The molecule has 1 aromatic heterocycles. The molecule has 2 aromatic carbocycles. The number of aromatic nitrogens is 2. The molecule has 1 fully saturated rings. The van der Waals surface area contributed by atoms with Gasteiger partial charge in [-0.3, -0.25) is 4.79 Å². The minimum atomic E-state index is -0.0433. The highest BCUT2D eigenvalue weighted by atomic mass is 16.1. The summed E-state index contributed by atoms with van der Waals surface area (Å²) in [4.78, 5) is 19.3. The summed E-state index contributed by atoms with van der Waals surface area (Å²) in [6.45, 7) is 6.66. The lowest BCUT2D eigenvalue weighted by Gasteiger charge is -2.28. The van der Waals surface area contributed by atoms with Crippen molar-refractivity contribution in [2.24, 2.45) is 0 Å². The molecular formula is C22H26N4O. The summed E-state index contributed by atoms with van der Waals surface area (Å²) in [5.41, 5.74) is 6.41. The average molecular weight is 362 g/mol. The number of aryl methyl sites for hydroxylation is 2. The van der Waals surface area contributed by atoms with Gasteiger partial charge in [0.25, 0.3) is 0 Å². The van der Waals surface area contributed by atoms with E-state index in [0.29, 0.717) is 0 Å². The molecule has 0 radical (unpaired) electrons. The van der Waals surface area contributed by atoms with Crippen LogP contribution in [0.15, 0.2) is 42.7 Å². The molecule has 0 unspecified atom stereocenters. The van der Waals surface area contributed by atoms with Crippen LogP contribution in [0.5, 0.6) is 0 Å². The molecule has 0 atom stereocenters. The third-order valence-corrected chi connectivity index (χ3v) is 5.42. The van der Waals surface area contributed by atoms with Gasteiger partial charge in [0, 0.05) is 24.5 Å².